The van der Waals surface area contributed by atoms with Crippen molar-refractivity contribution >= 4 is 11.6 Å². The molecule has 0 bridgehead atoms. The summed E-state index contributed by atoms with van der Waals surface area (Å²) in [5, 5.41) is 8.70. The molecule has 0 aliphatic carbocycles. The molecule has 1 aromatic heterocycles. The van der Waals surface area contributed by atoms with Crippen LogP contribution in [0.3, 0.4) is 0 Å². The summed E-state index contributed by atoms with van der Waals surface area (Å²) in [6.45, 7) is 7.74. The number of aromatic nitrogens is 2. The number of aryl methyl sites for hydroxylation is 2. The number of nitrogens with zero attached hydrogens (tertiary/aromatic N) is 2. The summed E-state index contributed by atoms with van der Waals surface area (Å²) in [5.74, 6) is 0. The molecule has 2 aromatic rings. The molecule has 2 rings (SSSR count). The van der Waals surface area contributed by atoms with Crippen LogP contribution in [0.2, 0.25) is 5.02 Å². The molecule has 0 spiro atoms. The van der Waals surface area contributed by atoms with E-state index in [-0.39, 0.29) is 6.04 Å². The van der Waals surface area contributed by atoms with Crippen molar-refractivity contribution in [2.45, 2.75) is 39.9 Å². The van der Waals surface area contributed by atoms with E-state index in [1.807, 2.05) is 17.7 Å². The van der Waals surface area contributed by atoms with E-state index in [4.69, 9.17) is 11.6 Å². The quantitative estimate of drug-likeness (QED) is 0.903. The fourth-order valence-corrected chi connectivity index (χ4v) is 2.35. The molecular formula is C15H20ClN3. The number of hydrogen-bond donors (Lipinski definition) is 1. The Morgan fingerprint density at radius 3 is 2.63 bits per heavy atom. The summed E-state index contributed by atoms with van der Waals surface area (Å²) in [4.78, 5) is 0. The summed E-state index contributed by atoms with van der Waals surface area (Å²) < 4.78 is 1.96. The van der Waals surface area contributed by atoms with Gasteiger partial charge in [-0.3, -0.25) is 4.68 Å². The Labute approximate surface area is 119 Å². The molecule has 0 fully saturated rings. The van der Waals surface area contributed by atoms with Crippen LogP contribution >= 0.6 is 11.6 Å². The highest BCUT2D eigenvalue weighted by atomic mass is 35.5. The van der Waals surface area contributed by atoms with Crippen LogP contribution in [-0.4, -0.2) is 9.78 Å². The summed E-state index contributed by atoms with van der Waals surface area (Å²) >= 11 is 6.30. The van der Waals surface area contributed by atoms with E-state index in [0.29, 0.717) is 0 Å². The third kappa shape index (κ3) is 3.17. The second-order valence-corrected chi connectivity index (χ2v) is 5.05. The second kappa shape index (κ2) is 6.22. The van der Waals surface area contributed by atoms with Gasteiger partial charge in [-0.1, -0.05) is 41.9 Å². The SMILES string of the molecule is CCn1nc(C)c(Cl)c1CN[C@H](C)c1ccccc1. The second-order valence-electron chi connectivity index (χ2n) is 4.68. The van der Waals surface area contributed by atoms with Crippen LogP contribution < -0.4 is 5.32 Å². The predicted molar refractivity (Wildman–Crippen MR) is 79.3 cm³/mol. The minimum absolute atomic E-state index is 0.290. The Bertz CT molecular complexity index is 534. The van der Waals surface area contributed by atoms with E-state index >= 15 is 0 Å². The van der Waals surface area contributed by atoms with Gasteiger partial charge in [-0.25, -0.2) is 0 Å². The summed E-state index contributed by atoms with van der Waals surface area (Å²) in [7, 11) is 0. The van der Waals surface area contributed by atoms with Crippen molar-refractivity contribution in [2.75, 3.05) is 0 Å². The van der Waals surface area contributed by atoms with E-state index < -0.39 is 0 Å². The topological polar surface area (TPSA) is 29.9 Å². The lowest BCUT2D eigenvalue weighted by Crippen LogP contribution is -2.20. The van der Waals surface area contributed by atoms with Crippen LogP contribution in [0.4, 0.5) is 0 Å². The molecule has 1 atom stereocenters. The van der Waals surface area contributed by atoms with Crippen LogP contribution in [0, 0.1) is 6.92 Å². The first-order chi connectivity index (χ1) is 9.13. The van der Waals surface area contributed by atoms with Gasteiger partial charge in [0.2, 0.25) is 0 Å². The monoisotopic (exact) mass is 277 g/mol. The third-order valence-electron chi connectivity index (χ3n) is 3.33. The molecule has 0 amide bonds. The summed E-state index contributed by atoms with van der Waals surface area (Å²) in [5.41, 5.74) is 3.23. The minimum atomic E-state index is 0.290. The van der Waals surface area contributed by atoms with Gasteiger partial charge in [0.05, 0.1) is 16.4 Å². The number of nitrogens with one attached hydrogen (secondary N) is 1. The Morgan fingerprint density at radius 2 is 2.00 bits per heavy atom. The molecule has 1 aromatic carbocycles. The molecular weight excluding hydrogens is 258 g/mol. The first-order valence-electron chi connectivity index (χ1n) is 6.63. The van der Waals surface area contributed by atoms with Crippen molar-refractivity contribution < 1.29 is 0 Å². The fourth-order valence-electron chi connectivity index (χ4n) is 2.15. The molecule has 1 heterocycles. The molecule has 0 saturated heterocycles. The van der Waals surface area contributed by atoms with Crippen LogP contribution in [-0.2, 0) is 13.1 Å². The van der Waals surface area contributed by atoms with Gasteiger partial charge in [0.15, 0.2) is 0 Å². The fraction of sp³-hybridized carbons (Fsp3) is 0.400. The Morgan fingerprint density at radius 1 is 1.32 bits per heavy atom. The largest absolute Gasteiger partial charge is 0.305 e. The molecule has 4 heteroatoms. The first kappa shape index (κ1) is 14.1. The maximum absolute atomic E-state index is 6.30. The zero-order chi connectivity index (χ0) is 13.8. The Kier molecular flexibility index (Phi) is 4.61. The van der Waals surface area contributed by atoms with Crippen molar-refractivity contribution in [3.05, 3.63) is 52.3 Å². The molecule has 0 radical (unpaired) electrons. The van der Waals surface area contributed by atoms with Crippen molar-refractivity contribution in [3.8, 4) is 0 Å². The molecule has 1 N–H and O–H groups in total. The average molecular weight is 278 g/mol. The van der Waals surface area contributed by atoms with Gasteiger partial charge in [0, 0.05) is 19.1 Å². The summed E-state index contributed by atoms with van der Waals surface area (Å²) in [6, 6.07) is 10.7. The van der Waals surface area contributed by atoms with E-state index in [1.165, 1.54) is 5.56 Å². The van der Waals surface area contributed by atoms with E-state index in [0.717, 1.165) is 29.5 Å². The van der Waals surface area contributed by atoms with Gasteiger partial charge < -0.3 is 5.32 Å². The third-order valence-corrected chi connectivity index (χ3v) is 3.82. The first-order valence-corrected chi connectivity index (χ1v) is 7.01. The molecule has 0 aliphatic heterocycles. The van der Waals surface area contributed by atoms with Crippen LogP contribution in [0.25, 0.3) is 0 Å². The zero-order valence-electron chi connectivity index (χ0n) is 11.7. The highest BCUT2D eigenvalue weighted by Crippen LogP contribution is 2.21. The molecule has 3 nitrogen and oxygen atoms in total. The number of rotatable bonds is 5. The Hall–Kier alpha value is -1.32. The minimum Gasteiger partial charge on any atom is -0.305 e. The lowest BCUT2D eigenvalue weighted by molar-refractivity contribution is 0.531. The van der Waals surface area contributed by atoms with Gasteiger partial charge in [-0.2, -0.15) is 5.10 Å². The van der Waals surface area contributed by atoms with Gasteiger partial charge in [0.1, 0.15) is 0 Å². The van der Waals surface area contributed by atoms with Gasteiger partial charge >= 0.3 is 0 Å². The van der Waals surface area contributed by atoms with Gasteiger partial charge in [-0.05, 0) is 26.3 Å². The standard InChI is InChI=1S/C15H20ClN3/c1-4-19-14(15(16)12(3)18-19)10-17-11(2)13-8-6-5-7-9-13/h5-9,11,17H,4,10H2,1-3H3/t11-/m1/s1. The van der Waals surface area contributed by atoms with Crippen LogP contribution in [0.5, 0.6) is 0 Å². The lowest BCUT2D eigenvalue weighted by Gasteiger charge is -2.15. The van der Waals surface area contributed by atoms with E-state index in [2.05, 4.69) is 48.5 Å². The number of hydrogen-bond acceptors (Lipinski definition) is 2. The van der Waals surface area contributed by atoms with Gasteiger partial charge in [-0.15, -0.1) is 0 Å². The Balaban J connectivity index is 2.07. The number of halogens is 1. The molecule has 19 heavy (non-hydrogen) atoms. The molecule has 0 aliphatic rings. The molecule has 102 valence electrons. The number of benzene rings is 1. The predicted octanol–water partition coefficient (Wildman–Crippen LogP) is 3.72. The lowest BCUT2D eigenvalue weighted by atomic mass is 10.1. The highest BCUT2D eigenvalue weighted by Gasteiger charge is 2.13. The molecule has 0 saturated carbocycles. The van der Waals surface area contributed by atoms with Gasteiger partial charge in [0.25, 0.3) is 0 Å². The average Bonchev–Trinajstić information content (AvgIpc) is 2.72. The maximum atomic E-state index is 6.30. The normalized spacial score (nSPS) is 12.6. The van der Waals surface area contributed by atoms with Crippen LogP contribution in [0.1, 0.15) is 36.8 Å². The molecule has 0 unspecified atom stereocenters. The highest BCUT2D eigenvalue weighted by molar-refractivity contribution is 6.31. The maximum Gasteiger partial charge on any atom is 0.0860 e. The van der Waals surface area contributed by atoms with Crippen molar-refractivity contribution in [1.82, 2.24) is 15.1 Å². The van der Waals surface area contributed by atoms with E-state index in [1.54, 1.807) is 0 Å². The van der Waals surface area contributed by atoms with E-state index in [9.17, 15) is 0 Å². The van der Waals surface area contributed by atoms with Crippen molar-refractivity contribution in [2.24, 2.45) is 0 Å². The zero-order valence-corrected chi connectivity index (χ0v) is 12.4. The smallest absolute Gasteiger partial charge is 0.0860 e. The summed E-state index contributed by atoms with van der Waals surface area (Å²) in [6.07, 6.45) is 0. The van der Waals surface area contributed by atoms with Crippen molar-refractivity contribution in [3.63, 3.8) is 0 Å². The van der Waals surface area contributed by atoms with Crippen molar-refractivity contribution in [1.29, 1.82) is 0 Å². The van der Waals surface area contributed by atoms with Crippen LogP contribution in [0.15, 0.2) is 30.3 Å².